The van der Waals surface area contributed by atoms with Crippen molar-refractivity contribution in [2.75, 3.05) is 6.61 Å². The van der Waals surface area contributed by atoms with Crippen molar-refractivity contribution < 1.29 is 15.0 Å². The first-order chi connectivity index (χ1) is 21.2. The van der Waals surface area contributed by atoms with Gasteiger partial charge in [-0.25, -0.2) is 0 Å². The summed E-state index contributed by atoms with van der Waals surface area (Å²) in [5.41, 5.74) is 0. The summed E-state index contributed by atoms with van der Waals surface area (Å²) in [6.07, 6.45) is 44.1. The number of hydrogen-bond acceptors (Lipinski definition) is 3. The highest BCUT2D eigenvalue weighted by molar-refractivity contribution is 5.76. The number of aliphatic hydroxyl groups is 2. The molecule has 0 bridgehead atoms. The molecule has 3 N–H and O–H groups in total. The van der Waals surface area contributed by atoms with Crippen molar-refractivity contribution in [2.24, 2.45) is 0 Å². The molecule has 0 radical (unpaired) electrons. The first-order valence-corrected chi connectivity index (χ1v) is 19.1. The molecule has 0 fully saturated rings. The van der Waals surface area contributed by atoms with E-state index in [9.17, 15) is 15.0 Å². The monoisotopic (exact) mass is 606 g/mol. The molecule has 0 aromatic heterocycles. The van der Waals surface area contributed by atoms with Crippen molar-refractivity contribution in [1.29, 1.82) is 0 Å². The van der Waals surface area contributed by atoms with E-state index in [0.717, 1.165) is 32.1 Å². The summed E-state index contributed by atoms with van der Waals surface area (Å²) in [6.45, 7) is 4.29. The van der Waals surface area contributed by atoms with Crippen molar-refractivity contribution in [2.45, 2.75) is 212 Å². The molecule has 0 heterocycles. The molecule has 0 rings (SSSR count). The van der Waals surface area contributed by atoms with Crippen LogP contribution < -0.4 is 5.32 Å². The zero-order valence-electron chi connectivity index (χ0n) is 29.0. The van der Waals surface area contributed by atoms with Crippen molar-refractivity contribution in [1.82, 2.24) is 5.32 Å². The maximum absolute atomic E-state index is 12.3. The minimum Gasteiger partial charge on any atom is -0.394 e. The van der Waals surface area contributed by atoms with Crippen LogP contribution in [0.3, 0.4) is 0 Å². The summed E-state index contributed by atoms with van der Waals surface area (Å²) >= 11 is 0. The van der Waals surface area contributed by atoms with Gasteiger partial charge in [-0.3, -0.25) is 4.79 Å². The Bertz CT molecular complexity index is 618. The Hall–Kier alpha value is -1.13. The van der Waals surface area contributed by atoms with E-state index >= 15 is 0 Å². The molecule has 2 atom stereocenters. The summed E-state index contributed by atoms with van der Waals surface area (Å²) in [5.74, 6) is -0.0744. The second kappa shape index (κ2) is 35.4. The molecule has 0 aliphatic carbocycles. The van der Waals surface area contributed by atoms with Crippen LogP contribution in [0.4, 0.5) is 0 Å². The van der Waals surface area contributed by atoms with Gasteiger partial charge < -0.3 is 15.5 Å². The highest BCUT2D eigenvalue weighted by Gasteiger charge is 2.17. The van der Waals surface area contributed by atoms with Crippen LogP contribution in [-0.2, 0) is 4.79 Å². The molecular formula is C39H75NO3. The fourth-order valence-corrected chi connectivity index (χ4v) is 5.72. The van der Waals surface area contributed by atoms with Gasteiger partial charge in [0, 0.05) is 6.42 Å². The number of carbonyl (C=O) groups excluding carboxylic acids is 1. The lowest BCUT2D eigenvalue weighted by molar-refractivity contribution is -0.123. The number of rotatable bonds is 34. The van der Waals surface area contributed by atoms with Gasteiger partial charge in [0.05, 0.1) is 18.8 Å². The third kappa shape index (κ3) is 32.1. The third-order valence-electron chi connectivity index (χ3n) is 8.69. The molecule has 0 aliphatic heterocycles. The number of allylic oxidation sites excluding steroid dienone is 3. The van der Waals surface area contributed by atoms with E-state index in [1.165, 1.54) is 148 Å². The Morgan fingerprint density at radius 1 is 0.535 bits per heavy atom. The normalized spacial score (nSPS) is 13.3. The van der Waals surface area contributed by atoms with Crippen molar-refractivity contribution in [3.05, 3.63) is 24.3 Å². The number of hydrogen-bond donors (Lipinski definition) is 3. The van der Waals surface area contributed by atoms with Gasteiger partial charge in [0.2, 0.25) is 5.91 Å². The number of amides is 1. The number of aliphatic hydroxyl groups excluding tert-OH is 2. The van der Waals surface area contributed by atoms with Gasteiger partial charge in [0.25, 0.3) is 0 Å². The topological polar surface area (TPSA) is 69.6 Å². The lowest BCUT2D eigenvalue weighted by Crippen LogP contribution is -2.45. The van der Waals surface area contributed by atoms with Gasteiger partial charge in [-0.05, 0) is 32.1 Å². The standard InChI is InChI=1S/C39H75NO3/c1-3-5-7-9-11-13-15-17-18-19-20-21-22-23-24-26-28-30-32-34-38(42)37(36-41)40-39(43)35-33-31-29-27-25-16-14-12-10-8-6-4-2/h24,26,32,34,37-38,41-42H,3-23,25,27-31,33,35-36H2,1-2H3,(H,40,43)/b26-24+,34-32+. The SMILES string of the molecule is CCCCCCCCCCCCCCC/C=C/CC/C=C/C(O)C(CO)NC(=O)CCCCCCCCCCCCCC. The fourth-order valence-electron chi connectivity index (χ4n) is 5.72. The average Bonchev–Trinajstić information content (AvgIpc) is 3.01. The molecule has 1 amide bonds. The van der Waals surface area contributed by atoms with Crippen LogP contribution >= 0.6 is 0 Å². The minimum atomic E-state index is -0.856. The predicted octanol–water partition coefficient (Wildman–Crippen LogP) is 11.3. The van der Waals surface area contributed by atoms with Crippen LogP contribution in [0.15, 0.2) is 24.3 Å². The first kappa shape index (κ1) is 41.9. The Morgan fingerprint density at radius 3 is 1.35 bits per heavy atom. The molecule has 43 heavy (non-hydrogen) atoms. The van der Waals surface area contributed by atoms with Gasteiger partial charge in [0.15, 0.2) is 0 Å². The summed E-state index contributed by atoms with van der Waals surface area (Å²) < 4.78 is 0. The second-order valence-corrected chi connectivity index (χ2v) is 13.0. The maximum atomic E-state index is 12.3. The predicted molar refractivity (Wildman–Crippen MR) is 189 cm³/mol. The quantitative estimate of drug-likeness (QED) is 0.0505. The van der Waals surface area contributed by atoms with Crippen molar-refractivity contribution in [3.63, 3.8) is 0 Å². The summed E-state index contributed by atoms with van der Waals surface area (Å²) in [7, 11) is 0. The smallest absolute Gasteiger partial charge is 0.220 e. The van der Waals surface area contributed by atoms with Gasteiger partial charge in [-0.1, -0.05) is 186 Å². The molecule has 4 heteroatoms. The molecule has 0 saturated heterocycles. The Balaban J connectivity index is 3.63. The van der Waals surface area contributed by atoms with E-state index in [1.807, 2.05) is 6.08 Å². The van der Waals surface area contributed by atoms with E-state index in [4.69, 9.17) is 0 Å². The lowest BCUT2D eigenvalue weighted by atomic mass is 10.0. The molecule has 0 saturated carbocycles. The van der Waals surface area contributed by atoms with Crippen molar-refractivity contribution >= 4 is 5.91 Å². The van der Waals surface area contributed by atoms with Gasteiger partial charge >= 0.3 is 0 Å². The van der Waals surface area contributed by atoms with E-state index in [1.54, 1.807) is 6.08 Å². The lowest BCUT2D eigenvalue weighted by Gasteiger charge is -2.19. The van der Waals surface area contributed by atoms with Gasteiger partial charge in [-0.2, -0.15) is 0 Å². The maximum Gasteiger partial charge on any atom is 0.220 e. The summed E-state index contributed by atoms with van der Waals surface area (Å²) in [5, 5.41) is 22.9. The Labute approximate surface area is 269 Å². The van der Waals surface area contributed by atoms with Crippen LogP contribution in [0.1, 0.15) is 200 Å². The van der Waals surface area contributed by atoms with Gasteiger partial charge in [-0.15, -0.1) is 0 Å². The zero-order chi connectivity index (χ0) is 31.5. The van der Waals surface area contributed by atoms with Crippen molar-refractivity contribution in [3.8, 4) is 0 Å². The van der Waals surface area contributed by atoms with E-state index in [0.29, 0.717) is 6.42 Å². The minimum absolute atomic E-state index is 0.0744. The molecule has 254 valence electrons. The molecule has 0 spiro atoms. The highest BCUT2D eigenvalue weighted by atomic mass is 16.3. The largest absolute Gasteiger partial charge is 0.394 e. The number of nitrogens with one attached hydrogen (secondary N) is 1. The van der Waals surface area contributed by atoms with Gasteiger partial charge in [0.1, 0.15) is 0 Å². The molecular weight excluding hydrogens is 530 g/mol. The van der Waals surface area contributed by atoms with E-state index in [-0.39, 0.29) is 12.5 Å². The van der Waals surface area contributed by atoms with Crippen LogP contribution in [0.2, 0.25) is 0 Å². The fraction of sp³-hybridized carbons (Fsp3) is 0.872. The van der Waals surface area contributed by atoms with Crippen LogP contribution in [-0.4, -0.2) is 34.9 Å². The zero-order valence-corrected chi connectivity index (χ0v) is 29.0. The third-order valence-corrected chi connectivity index (χ3v) is 8.69. The van der Waals surface area contributed by atoms with E-state index in [2.05, 4.69) is 31.3 Å². The summed E-state index contributed by atoms with van der Waals surface area (Å²) in [6, 6.07) is -0.632. The molecule has 4 nitrogen and oxygen atoms in total. The average molecular weight is 606 g/mol. The summed E-state index contributed by atoms with van der Waals surface area (Å²) in [4.78, 5) is 12.3. The first-order valence-electron chi connectivity index (χ1n) is 19.1. The number of unbranched alkanes of at least 4 members (excludes halogenated alkanes) is 25. The van der Waals surface area contributed by atoms with Crippen LogP contribution in [0.5, 0.6) is 0 Å². The Kier molecular flexibility index (Phi) is 34.4. The van der Waals surface area contributed by atoms with Crippen LogP contribution in [0, 0.1) is 0 Å². The van der Waals surface area contributed by atoms with E-state index < -0.39 is 12.1 Å². The highest BCUT2D eigenvalue weighted by Crippen LogP contribution is 2.14. The molecule has 0 aromatic rings. The van der Waals surface area contributed by atoms with Crippen LogP contribution in [0.25, 0.3) is 0 Å². The molecule has 0 aromatic carbocycles. The number of carbonyl (C=O) groups is 1. The molecule has 2 unspecified atom stereocenters. The second-order valence-electron chi connectivity index (χ2n) is 13.0. The Morgan fingerprint density at radius 2 is 0.907 bits per heavy atom. The molecule has 0 aliphatic rings.